The number of aromatic nitrogens is 2. The van der Waals surface area contributed by atoms with Gasteiger partial charge in [0.25, 0.3) is 11.8 Å². The third-order valence-electron chi connectivity index (χ3n) is 6.49. The minimum Gasteiger partial charge on any atom is -0.441 e. The quantitative estimate of drug-likeness (QED) is 0.365. The first kappa shape index (κ1) is 24.2. The van der Waals surface area contributed by atoms with E-state index in [0.29, 0.717) is 39.7 Å². The van der Waals surface area contributed by atoms with Crippen LogP contribution in [0.3, 0.4) is 0 Å². The predicted octanol–water partition coefficient (Wildman–Crippen LogP) is 5.22. The number of carbonyl (C=O) groups excluding carboxylic acids is 2. The predicted molar refractivity (Wildman–Crippen MR) is 143 cm³/mol. The fourth-order valence-corrected chi connectivity index (χ4v) is 4.42. The number of nitrogens with zero attached hydrogens (tertiary/aromatic N) is 3. The molecule has 8 nitrogen and oxygen atoms in total. The number of hydrogen-bond donors (Lipinski definition) is 2. The summed E-state index contributed by atoms with van der Waals surface area (Å²) in [6.45, 7) is 4.17. The summed E-state index contributed by atoms with van der Waals surface area (Å²) >= 11 is 0. The summed E-state index contributed by atoms with van der Waals surface area (Å²) in [6, 6.07) is 18.5. The van der Waals surface area contributed by atoms with Crippen LogP contribution in [0, 0.1) is 6.92 Å². The molecule has 5 rings (SSSR count). The molecule has 2 N–H and O–H groups in total. The van der Waals surface area contributed by atoms with E-state index >= 15 is 0 Å². The lowest BCUT2D eigenvalue weighted by atomic mass is 10.1. The largest absolute Gasteiger partial charge is 0.441 e. The molecule has 0 spiro atoms. The van der Waals surface area contributed by atoms with Gasteiger partial charge >= 0.3 is 0 Å². The fourth-order valence-electron chi connectivity index (χ4n) is 4.42. The molecule has 1 saturated heterocycles. The third-order valence-corrected chi connectivity index (χ3v) is 6.49. The number of piperidine rings is 1. The lowest BCUT2D eigenvalue weighted by Crippen LogP contribution is -2.29. The van der Waals surface area contributed by atoms with E-state index in [2.05, 4.69) is 25.5 Å². The highest BCUT2D eigenvalue weighted by Crippen LogP contribution is 2.29. The summed E-state index contributed by atoms with van der Waals surface area (Å²) in [5, 5.41) is 5.84. The second kappa shape index (κ2) is 11.1. The van der Waals surface area contributed by atoms with Gasteiger partial charge < -0.3 is 20.0 Å². The van der Waals surface area contributed by atoms with Crippen LogP contribution in [0.1, 0.15) is 51.4 Å². The van der Waals surface area contributed by atoms with E-state index in [9.17, 15) is 9.59 Å². The summed E-state index contributed by atoms with van der Waals surface area (Å²) in [4.78, 5) is 36.4. The fraction of sp³-hybridized carbons (Fsp3) is 0.241. The van der Waals surface area contributed by atoms with Gasteiger partial charge in [-0.1, -0.05) is 12.1 Å². The number of oxazole rings is 1. The normalized spacial score (nSPS) is 13.3. The van der Waals surface area contributed by atoms with Gasteiger partial charge in [0.2, 0.25) is 5.89 Å². The molecule has 8 heteroatoms. The molecule has 1 aliphatic heterocycles. The van der Waals surface area contributed by atoms with E-state index in [1.165, 1.54) is 25.5 Å². The molecule has 37 heavy (non-hydrogen) atoms. The average molecular weight is 496 g/mol. The van der Waals surface area contributed by atoms with Gasteiger partial charge in [-0.25, -0.2) is 4.98 Å². The molecule has 2 aromatic heterocycles. The molecule has 4 aromatic rings. The van der Waals surface area contributed by atoms with Crippen LogP contribution in [0.25, 0.3) is 11.5 Å². The Morgan fingerprint density at radius 3 is 2.46 bits per heavy atom. The Morgan fingerprint density at radius 2 is 1.70 bits per heavy atom. The number of carbonyl (C=O) groups is 2. The molecule has 188 valence electrons. The number of benzene rings is 2. The number of anilines is 2. The average Bonchev–Trinajstić information content (AvgIpc) is 3.33. The van der Waals surface area contributed by atoms with Gasteiger partial charge in [0.1, 0.15) is 11.5 Å². The van der Waals surface area contributed by atoms with Crippen molar-refractivity contribution in [3.05, 3.63) is 95.6 Å². The molecule has 1 fully saturated rings. The van der Waals surface area contributed by atoms with Gasteiger partial charge in [0.05, 0.1) is 23.4 Å². The van der Waals surface area contributed by atoms with Crippen LogP contribution >= 0.6 is 0 Å². The van der Waals surface area contributed by atoms with E-state index in [1.54, 1.807) is 24.4 Å². The zero-order valence-electron chi connectivity index (χ0n) is 20.7. The van der Waals surface area contributed by atoms with E-state index in [-0.39, 0.29) is 18.4 Å². The van der Waals surface area contributed by atoms with Gasteiger partial charge in [-0.05, 0) is 74.7 Å². The van der Waals surface area contributed by atoms with Crippen LogP contribution in [0.5, 0.6) is 0 Å². The van der Waals surface area contributed by atoms with Crippen molar-refractivity contribution in [1.82, 2.24) is 15.3 Å². The van der Waals surface area contributed by atoms with Gasteiger partial charge in [-0.3, -0.25) is 14.6 Å². The standard InChI is InChI=1S/C29H29N5O3/c1-20-26(19-31-27(35)21-11-13-23(14-12-21)34-16-5-2-6-17-34)33-29(37-20)24-9-3-4-10-25(24)32-28(36)22-8-7-15-30-18-22/h3-4,7-15,18H,2,5-6,16-17,19H2,1H3,(H,31,35)(H,32,36). The first-order chi connectivity index (χ1) is 18.1. The Kier molecular flexibility index (Phi) is 7.26. The van der Waals surface area contributed by atoms with Crippen molar-refractivity contribution in [2.75, 3.05) is 23.3 Å². The lowest BCUT2D eigenvalue weighted by Gasteiger charge is -2.28. The summed E-state index contributed by atoms with van der Waals surface area (Å²) in [5.41, 5.74) is 4.05. The number of nitrogens with one attached hydrogen (secondary N) is 2. The topological polar surface area (TPSA) is 100 Å². The Balaban J connectivity index is 1.25. The zero-order valence-corrected chi connectivity index (χ0v) is 20.7. The minimum atomic E-state index is -0.275. The van der Waals surface area contributed by atoms with Crippen molar-refractivity contribution in [3.63, 3.8) is 0 Å². The molecule has 0 saturated carbocycles. The molecule has 0 atom stereocenters. The molecule has 0 aliphatic carbocycles. The molecule has 3 heterocycles. The highest BCUT2D eigenvalue weighted by atomic mass is 16.4. The summed E-state index contributed by atoms with van der Waals surface area (Å²) in [6.07, 6.45) is 6.83. The van der Waals surface area contributed by atoms with Crippen LogP contribution in [0.2, 0.25) is 0 Å². The molecule has 0 radical (unpaired) electrons. The number of rotatable bonds is 7. The zero-order chi connectivity index (χ0) is 25.6. The molecular formula is C29H29N5O3. The first-order valence-electron chi connectivity index (χ1n) is 12.5. The monoisotopic (exact) mass is 495 g/mol. The molecule has 2 amide bonds. The van der Waals surface area contributed by atoms with Crippen molar-refractivity contribution in [1.29, 1.82) is 0 Å². The smallest absolute Gasteiger partial charge is 0.257 e. The molecular weight excluding hydrogens is 466 g/mol. The highest BCUT2D eigenvalue weighted by Gasteiger charge is 2.18. The van der Waals surface area contributed by atoms with E-state index in [4.69, 9.17) is 4.42 Å². The van der Waals surface area contributed by atoms with Crippen molar-refractivity contribution >= 4 is 23.2 Å². The molecule has 0 unspecified atom stereocenters. The second-order valence-electron chi connectivity index (χ2n) is 9.04. The number of aryl methyl sites for hydroxylation is 1. The summed E-state index contributed by atoms with van der Waals surface area (Å²) in [7, 11) is 0. The van der Waals surface area contributed by atoms with Crippen LogP contribution in [-0.2, 0) is 6.54 Å². The number of amides is 2. The van der Waals surface area contributed by atoms with Gasteiger partial charge in [-0.15, -0.1) is 0 Å². The maximum absolute atomic E-state index is 12.8. The van der Waals surface area contributed by atoms with Crippen LogP contribution in [-0.4, -0.2) is 34.9 Å². The van der Waals surface area contributed by atoms with E-state index in [0.717, 1.165) is 18.8 Å². The first-order valence-corrected chi connectivity index (χ1v) is 12.5. The van der Waals surface area contributed by atoms with Gasteiger partial charge in [0, 0.05) is 36.7 Å². The number of pyridine rings is 1. The SMILES string of the molecule is Cc1oc(-c2ccccc2NC(=O)c2cccnc2)nc1CNC(=O)c1ccc(N2CCCCC2)cc1. The van der Waals surface area contributed by atoms with Crippen LogP contribution in [0.4, 0.5) is 11.4 Å². The van der Waals surface area contributed by atoms with Crippen molar-refractivity contribution in [2.45, 2.75) is 32.7 Å². The highest BCUT2D eigenvalue weighted by molar-refractivity contribution is 6.05. The Labute approximate surface area is 215 Å². The summed E-state index contributed by atoms with van der Waals surface area (Å²) in [5.74, 6) is 0.528. The van der Waals surface area contributed by atoms with Gasteiger partial charge in [-0.2, -0.15) is 0 Å². The minimum absolute atomic E-state index is 0.168. The lowest BCUT2D eigenvalue weighted by molar-refractivity contribution is 0.0949. The maximum atomic E-state index is 12.8. The molecule has 2 aromatic carbocycles. The van der Waals surface area contributed by atoms with E-state index < -0.39 is 0 Å². The third kappa shape index (κ3) is 5.69. The second-order valence-corrected chi connectivity index (χ2v) is 9.04. The Bertz CT molecular complexity index is 1380. The molecule has 1 aliphatic rings. The van der Waals surface area contributed by atoms with Gasteiger partial charge in [0.15, 0.2) is 0 Å². The van der Waals surface area contributed by atoms with Crippen molar-refractivity contribution in [3.8, 4) is 11.5 Å². The summed E-state index contributed by atoms with van der Waals surface area (Å²) < 4.78 is 5.92. The Morgan fingerprint density at radius 1 is 0.919 bits per heavy atom. The number of hydrogen-bond acceptors (Lipinski definition) is 6. The van der Waals surface area contributed by atoms with E-state index in [1.807, 2.05) is 49.4 Å². The number of para-hydroxylation sites is 1. The maximum Gasteiger partial charge on any atom is 0.257 e. The Hall–Kier alpha value is -4.46. The van der Waals surface area contributed by atoms with Crippen molar-refractivity contribution < 1.29 is 14.0 Å². The van der Waals surface area contributed by atoms with Crippen LogP contribution < -0.4 is 15.5 Å². The van der Waals surface area contributed by atoms with Crippen LogP contribution in [0.15, 0.2) is 77.5 Å². The van der Waals surface area contributed by atoms with Crippen molar-refractivity contribution in [2.24, 2.45) is 0 Å². The molecule has 0 bridgehead atoms.